The number of halogens is 2. The molecule has 11 heteroatoms. The SMILES string of the molecule is CCS(=O)(=O)Nc1ccc(C2=NN(S(C)(=O)=O)C(c3ccc(F)c(Cl)c3)C2)cc1. The van der Waals surface area contributed by atoms with E-state index in [9.17, 15) is 21.2 Å². The maximum atomic E-state index is 13.5. The van der Waals surface area contributed by atoms with Crippen molar-refractivity contribution in [3.63, 3.8) is 0 Å². The van der Waals surface area contributed by atoms with Crippen LogP contribution in [0.25, 0.3) is 0 Å². The van der Waals surface area contributed by atoms with Gasteiger partial charge in [0, 0.05) is 12.1 Å². The standard InChI is InChI=1S/C18H19ClFN3O4S2/c1-3-29(26,27)22-14-7-4-12(5-8-14)17-11-18(23(21-17)28(2,24)25)13-6-9-16(20)15(19)10-13/h4-10,18,22H,3,11H2,1-2H3. The number of hydrogen-bond donors (Lipinski definition) is 1. The monoisotopic (exact) mass is 459 g/mol. The van der Waals surface area contributed by atoms with E-state index in [1.807, 2.05) is 0 Å². The van der Waals surface area contributed by atoms with E-state index in [1.54, 1.807) is 24.3 Å². The Kier molecular flexibility index (Phi) is 5.88. The van der Waals surface area contributed by atoms with Crippen molar-refractivity contribution in [2.75, 3.05) is 16.7 Å². The molecule has 7 nitrogen and oxygen atoms in total. The van der Waals surface area contributed by atoms with Gasteiger partial charge in [-0.1, -0.05) is 29.8 Å². The Hall–Kier alpha value is -2.17. The molecule has 1 aliphatic rings. The predicted molar refractivity (Wildman–Crippen MR) is 112 cm³/mol. The van der Waals surface area contributed by atoms with Crippen LogP contribution >= 0.6 is 11.6 Å². The van der Waals surface area contributed by atoms with Crippen molar-refractivity contribution in [2.24, 2.45) is 5.10 Å². The van der Waals surface area contributed by atoms with Crippen LogP contribution < -0.4 is 4.72 Å². The Balaban J connectivity index is 1.91. The lowest BCUT2D eigenvalue weighted by molar-refractivity contribution is 0.374. The third kappa shape index (κ3) is 4.88. The summed E-state index contributed by atoms with van der Waals surface area (Å²) in [7, 11) is -7.08. The summed E-state index contributed by atoms with van der Waals surface area (Å²) < 4.78 is 64.7. The van der Waals surface area contributed by atoms with Gasteiger partial charge in [0.2, 0.25) is 20.0 Å². The molecule has 0 amide bonds. The summed E-state index contributed by atoms with van der Waals surface area (Å²) in [5.41, 5.74) is 2.07. The number of sulfonamides is 2. The summed E-state index contributed by atoms with van der Waals surface area (Å²) >= 11 is 5.85. The summed E-state index contributed by atoms with van der Waals surface area (Å²) in [6.07, 6.45) is 1.30. The number of nitrogens with one attached hydrogen (secondary N) is 1. The first-order valence-electron chi connectivity index (χ1n) is 8.63. The van der Waals surface area contributed by atoms with E-state index in [0.29, 0.717) is 22.5 Å². The molecular formula is C18H19ClFN3O4S2. The smallest absolute Gasteiger partial charge is 0.247 e. The highest BCUT2D eigenvalue weighted by atomic mass is 35.5. The van der Waals surface area contributed by atoms with Gasteiger partial charge in [-0.15, -0.1) is 0 Å². The Labute approximate surface area is 174 Å². The fourth-order valence-electron chi connectivity index (χ4n) is 2.92. The zero-order valence-electron chi connectivity index (χ0n) is 15.6. The zero-order valence-corrected chi connectivity index (χ0v) is 18.0. The minimum Gasteiger partial charge on any atom is -0.284 e. The highest BCUT2D eigenvalue weighted by molar-refractivity contribution is 7.92. The van der Waals surface area contributed by atoms with Gasteiger partial charge in [0.05, 0.1) is 28.8 Å². The molecule has 1 aliphatic heterocycles. The molecule has 2 aromatic carbocycles. The van der Waals surface area contributed by atoms with E-state index < -0.39 is 31.9 Å². The van der Waals surface area contributed by atoms with Gasteiger partial charge < -0.3 is 0 Å². The first-order chi connectivity index (χ1) is 13.5. The van der Waals surface area contributed by atoms with Crippen molar-refractivity contribution in [2.45, 2.75) is 19.4 Å². The Bertz CT molecular complexity index is 1170. The van der Waals surface area contributed by atoms with Crippen molar-refractivity contribution in [3.8, 4) is 0 Å². The van der Waals surface area contributed by atoms with E-state index in [2.05, 4.69) is 9.82 Å². The van der Waals surface area contributed by atoms with Gasteiger partial charge in [0.25, 0.3) is 0 Å². The molecule has 1 N–H and O–H groups in total. The first kappa shape index (κ1) is 21.5. The lowest BCUT2D eigenvalue weighted by Gasteiger charge is -2.21. The molecule has 1 heterocycles. The van der Waals surface area contributed by atoms with Crippen molar-refractivity contribution < 1.29 is 21.2 Å². The second kappa shape index (κ2) is 7.92. The fraction of sp³-hybridized carbons (Fsp3) is 0.278. The molecule has 3 rings (SSSR count). The summed E-state index contributed by atoms with van der Waals surface area (Å²) in [6, 6.07) is 9.88. The van der Waals surface area contributed by atoms with Crippen LogP contribution in [0.5, 0.6) is 0 Å². The van der Waals surface area contributed by atoms with Crippen LogP contribution in [0.4, 0.5) is 10.1 Å². The fourth-order valence-corrected chi connectivity index (χ4v) is 4.65. The summed E-state index contributed by atoms with van der Waals surface area (Å²) in [4.78, 5) is 0. The number of hydrogen-bond acceptors (Lipinski definition) is 5. The molecule has 156 valence electrons. The topological polar surface area (TPSA) is 95.9 Å². The second-order valence-electron chi connectivity index (χ2n) is 6.56. The third-order valence-electron chi connectivity index (χ3n) is 4.41. The Morgan fingerprint density at radius 2 is 1.83 bits per heavy atom. The van der Waals surface area contributed by atoms with Gasteiger partial charge in [0.15, 0.2) is 0 Å². The van der Waals surface area contributed by atoms with Gasteiger partial charge in [-0.2, -0.15) is 9.52 Å². The molecule has 0 saturated heterocycles. The highest BCUT2D eigenvalue weighted by Gasteiger charge is 2.34. The number of nitrogens with zero attached hydrogens (tertiary/aromatic N) is 2. The van der Waals surface area contributed by atoms with Crippen LogP contribution in [0.1, 0.15) is 30.5 Å². The number of benzene rings is 2. The van der Waals surface area contributed by atoms with Crippen molar-refractivity contribution in [1.82, 2.24) is 4.41 Å². The van der Waals surface area contributed by atoms with E-state index >= 15 is 0 Å². The Morgan fingerprint density at radius 3 is 2.38 bits per heavy atom. The van der Waals surface area contributed by atoms with Crippen LogP contribution in [-0.4, -0.2) is 39.0 Å². The van der Waals surface area contributed by atoms with Crippen LogP contribution in [0, 0.1) is 5.82 Å². The van der Waals surface area contributed by atoms with Gasteiger partial charge in [-0.3, -0.25) is 4.72 Å². The lowest BCUT2D eigenvalue weighted by Crippen LogP contribution is -2.25. The molecule has 1 unspecified atom stereocenters. The van der Waals surface area contributed by atoms with E-state index in [-0.39, 0.29) is 17.2 Å². The van der Waals surface area contributed by atoms with E-state index in [1.165, 1.54) is 25.1 Å². The average molecular weight is 460 g/mol. The van der Waals surface area contributed by atoms with Gasteiger partial charge >= 0.3 is 0 Å². The molecule has 0 spiro atoms. The largest absolute Gasteiger partial charge is 0.284 e. The minimum atomic E-state index is -3.68. The summed E-state index contributed by atoms with van der Waals surface area (Å²) in [5.74, 6) is -0.641. The number of hydrazone groups is 1. The van der Waals surface area contributed by atoms with Crippen LogP contribution in [0.2, 0.25) is 5.02 Å². The Morgan fingerprint density at radius 1 is 1.17 bits per heavy atom. The minimum absolute atomic E-state index is 0.0489. The molecule has 0 aliphatic carbocycles. The van der Waals surface area contributed by atoms with Crippen molar-refractivity contribution >= 4 is 43.0 Å². The zero-order chi connectivity index (χ0) is 21.4. The number of anilines is 1. The maximum Gasteiger partial charge on any atom is 0.247 e. The van der Waals surface area contributed by atoms with Crippen LogP contribution in [0.15, 0.2) is 47.6 Å². The predicted octanol–water partition coefficient (Wildman–Crippen LogP) is 3.35. The average Bonchev–Trinajstić information content (AvgIpc) is 3.10. The van der Waals surface area contributed by atoms with Crippen molar-refractivity contribution in [1.29, 1.82) is 0 Å². The molecule has 29 heavy (non-hydrogen) atoms. The van der Waals surface area contributed by atoms with Gasteiger partial charge in [-0.05, 0) is 42.3 Å². The molecule has 1 atom stereocenters. The summed E-state index contributed by atoms with van der Waals surface area (Å²) in [5, 5.41) is 4.15. The van der Waals surface area contributed by atoms with Gasteiger partial charge in [0.1, 0.15) is 5.82 Å². The van der Waals surface area contributed by atoms with Crippen LogP contribution in [0.3, 0.4) is 0 Å². The first-order valence-corrected chi connectivity index (χ1v) is 12.5. The molecule has 0 radical (unpaired) electrons. The molecule has 2 aromatic rings. The molecule has 0 fully saturated rings. The quantitative estimate of drug-likeness (QED) is 0.716. The second-order valence-corrected chi connectivity index (χ2v) is 10.8. The van der Waals surface area contributed by atoms with Gasteiger partial charge in [-0.25, -0.2) is 21.2 Å². The maximum absolute atomic E-state index is 13.5. The number of rotatable bonds is 6. The van der Waals surface area contributed by atoms with Crippen LogP contribution in [-0.2, 0) is 20.0 Å². The van der Waals surface area contributed by atoms with E-state index in [4.69, 9.17) is 11.6 Å². The summed E-state index contributed by atoms with van der Waals surface area (Å²) in [6.45, 7) is 1.53. The molecule has 0 bridgehead atoms. The highest BCUT2D eigenvalue weighted by Crippen LogP contribution is 2.36. The molecule has 0 saturated carbocycles. The lowest BCUT2D eigenvalue weighted by atomic mass is 9.99. The molecule has 0 aromatic heterocycles. The van der Waals surface area contributed by atoms with E-state index in [0.717, 1.165) is 10.7 Å². The molecular weight excluding hydrogens is 441 g/mol. The normalized spacial score (nSPS) is 17.3. The third-order valence-corrected chi connectivity index (χ3v) is 7.02. The van der Waals surface area contributed by atoms with Crippen molar-refractivity contribution in [3.05, 3.63) is 64.4 Å².